The zero-order valence-corrected chi connectivity index (χ0v) is 17.7. The molecule has 0 bridgehead atoms. The quantitative estimate of drug-likeness (QED) is 0.728. The highest BCUT2D eigenvalue weighted by Crippen LogP contribution is 2.34. The topological polar surface area (TPSA) is 34.2 Å². The average molecular weight is 409 g/mol. The molecule has 0 unspecified atom stereocenters. The predicted molar refractivity (Wildman–Crippen MR) is 119 cm³/mol. The summed E-state index contributed by atoms with van der Waals surface area (Å²) >= 11 is 0. The summed E-state index contributed by atoms with van der Waals surface area (Å²) in [7, 11) is 0. The molecule has 1 saturated carbocycles. The summed E-state index contributed by atoms with van der Waals surface area (Å²) in [5.74, 6) is 2.77. The maximum atomic E-state index is 6.20. The first kappa shape index (κ1) is 19.6. The first-order valence-corrected chi connectivity index (χ1v) is 11.5. The fraction of sp³-hybridized carbons (Fsp3) is 0.520. The molecule has 160 valence electrons. The first-order valence-electron chi connectivity index (χ1n) is 11.5. The van der Waals surface area contributed by atoms with Crippen LogP contribution >= 0.6 is 0 Å². The van der Waals surface area contributed by atoms with Gasteiger partial charge >= 0.3 is 0 Å². The Balaban J connectivity index is 1.19. The molecule has 0 radical (unpaired) electrons. The Hall–Kier alpha value is -2.40. The number of benzene rings is 2. The molecule has 30 heavy (non-hydrogen) atoms. The lowest BCUT2D eigenvalue weighted by molar-refractivity contribution is 0.171. The van der Waals surface area contributed by atoms with E-state index in [1.807, 2.05) is 6.07 Å². The average Bonchev–Trinajstić information content (AvgIpc) is 3.18. The van der Waals surface area contributed by atoms with Crippen molar-refractivity contribution in [1.29, 1.82) is 0 Å². The minimum Gasteiger partial charge on any atom is -0.490 e. The number of nitrogens with zero attached hydrogens (tertiary/aromatic N) is 2. The Bertz CT molecular complexity index is 850. The van der Waals surface area contributed by atoms with Crippen LogP contribution in [-0.4, -0.2) is 50.4 Å². The maximum Gasteiger partial charge on any atom is 0.163 e. The number of rotatable bonds is 5. The van der Waals surface area contributed by atoms with Crippen molar-refractivity contribution >= 4 is 5.69 Å². The van der Waals surface area contributed by atoms with Gasteiger partial charge in [0.1, 0.15) is 19.0 Å². The smallest absolute Gasteiger partial charge is 0.163 e. The van der Waals surface area contributed by atoms with Crippen molar-refractivity contribution in [3.63, 3.8) is 0 Å². The lowest BCUT2D eigenvalue weighted by atomic mass is 10.2. The van der Waals surface area contributed by atoms with Gasteiger partial charge in [-0.25, -0.2) is 0 Å². The molecule has 1 aliphatic carbocycles. The van der Waals surface area contributed by atoms with Gasteiger partial charge in [0.05, 0.1) is 6.10 Å². The lowest BCUT2D eigenvalue weighted by Gasteiger charge is -2.26. The highest BCUT2D eigenvalue weighted by Gasteiger charge is 2.19. The van der Waals surface area contributed by atoms with E-state index in [4.69, 9.17) is 14.2 Å². The van der Waals surface area contributed by atoms with Gasteiger partial charge in [-0.1, -0.05) is 12.1 Å². The number of anilines is 1. The Morgan fingerprint density at radius 2 is 1.70 bits per heavy atom. The highest BCUT2D eigenvalue weighted by molar-refractivity contribution is 5.57. The molecule has 0 amide bonds. The van der Waals surface area contributed by atoms with Crippen molar-refractivity contribution < 1.29 is 14.2 Å². The van der Waals surface area contributed by atoms with Gasteiger partial charge < -0.3 is 19.1 Å². The molecule has 0 spiro atoms. The van der Waals surface area contributed by atoms with Crippen LogP contribution in [0.1, 0.15) is 37.7 Å². The maximum absolute atomic E-state index is 6.20. The third kappa shape index (κ3) is 4.67. The van der Waals surface area contributed by atoms with Gasteiger partial charge in [0, 0.05) is 44.5 Å². The Kier molecular flexibility index (Phi) is 5.98. The third-order valence-corrected chi connectivity index (χ3v) is 6.39. The lowest BCUT2D eigenvalue weighted by Crippen LogP contribution is -2.30. The molecule has 0 aromatic heterocycles. The van der Waals surface area contributed by atoms with Gasteiger partial charge in [-0.2, -0.15) is 0 Å². The first-order chi connectivity index (χ1) is 14.8. The minimum atomic E-state index is 0.415. The molecule has 2 aromatic carbocycles. The van der Waals surface area contributed by atoms with Gasteiger partial charge in [0.25, 0.3) is 0 Å². The van der Waals surface area contributed by atoms with Crippen LogP contribution in [-0.2, 0) is 6.54 Å². The fourth-order valence-corrected chi connectivity index (χ4v) is 4.79. The summed E-state index contributed by atoms with van der Waals surface area (Å²) in [6.07, 6.45) is 6.58. The third-order valence-electron chi connectivity index (χ3n) is 6.39. The second-order valence-corrected chi connectivity index (χ2v) is 8.62. The van der Waals surface area contributed by atoms with Crippen molar-refractivity contribution in [2.24, 2.45) is 0 Å². The Labute approximate surface area is 179 Å². The molecule has 5 heteroatoms. The van der Waals surface area contributed by atoms with Gasteiger partial charge in [0.15, 0.2) is 11.5 Å². The summed E-state index contributed by atoms with van der Waals surface area (Å²) in [6.45, 7) is 6.53. The summed E-state index contributed by atoms with van der Waals surface area (Å²) in [6, 6.07) is 15.0. The zero-order valence-electron chi connectivity index (χ0n) is 17.7. The van der Waals surface area contributed by atoms with Crippen molar-refractivity contribution in [3.05, 3.63) is 48.0 Å². The number of fused-ring (bicyclic) bond motifs is 1. The van der Waals surface area contributed by atoms with E-state index >= 15 is 0 Å². The van der Waals surface area contributed by atoms with E-state index in [0.717, 1.165) is 56.4 Å². The molecule has 5 nitrogen and oxygen atoms in total. The van der Waals surface area contributed by atoms with Crippen LogP contribution in [0, 0.1) is 0 Å². The van der Waals surface area contributed by atoms with Crippen LogP contribution in [0.15, 0.2) is 42.5 Å². The molecule has 5 rings (SSSR count). The summed E-state index contributed by atoms with van der Waals surface area (Å²) in [5, 5.41) is 0. The van der Waals surface area contributed by atoms with Gasteiger partial charge in [-0.3, -0.25) is 4.90 Å². The Morgan fingerprint density at radius 3 is 2.60 bits per heavy atom. The second kappa shape index (κ2) is 9.17. The van der Waals surface area contributed by atoms with Crippen LogP contribution in [0.5, 0.6) is 17.2 Å². The zero-order chi connectivity index (χ0) is 20.2. The molecule has 2 aliphatic heterocycles. The molecule has 0 atom stereocenters. The van der Waals surface area contributed by atoms with Crippen LogP contribution in [0.25, 0.3) is 0 Å². The van der Waals surface area contributed by atoms with Gasteiger partial charge in [-0.15, -0.1) is 0 Å². The van der Waals surface area contributed by atoms with E-state index in [9.17, 15) is 0 Å². The van der Waals surface area contributed by atoms with E-state index < -0.39 is 0 Å². The molecule has 1 saturated heterocycles. The number of hydrogen-bond donors (Lipinski definition) is 0. The fourth-order valence-electron chi connectivity index (χ4n) is 4.79. The Morgan fingerprint density at radius 1 is 0.833 bits per heavy atom. The van der Waals surface area contributed by atoms with E-state index in [0.29, 0.717) is 19.3 Å². The second-order valence-electron chi connectivity index (χ2n) is 8.62. The van der Waals surface area contributed by atoms with E-state index in [1.165, 1.54) is 36.9 Å². The molecule has 2 fully saturated rings. The monoisotopic (exact) mass is 408 g/mol. The molecular formula is C25H32N2O3. The van der Waals surface area contributed by atoms with Crippen molar-refractivity contribution in [2.75, 3.05) is 44.3 Å². The van der Waals surface area contributed by atoms with E-state index in [1.54, 1.807) is 0 Å². The van der Waals surface area contributed by atoms with Crippen molar-refractivity contribution in [2.45, 2.75) is 44.8 Å². The highest BCUT2D eigenvalue weighted by atomic mass is 16.6. The van der Waals surface area contributed by atoms with Crippen molar-refractivity contribution in [3.8, 4) is 17.2 Å². The van der Waals surface area contributed by atoms with E-state index in [-0.39, 0.29) is 0 Å². The van der Waals surface area contributed by atoms with Gasteiger partial charge in [-0.05, 0) is 61.9 Å². The van der Waals surface area contributed by atoms with Crippen LogP contribution in [0.3, 0.4) is 0 Å². The number of ether oxygens (including phenoxy) is 3. The minimum absolute atomic E-state index is 0.415. The van der Waals surface area contributed by atoms with Crippen LogP contribution in [0.2, 0.25) is 0 Å². The van der Waals surface area contributed by atoms with Crippen LogP contribution < -0.4 is 19.1 Å². The molecule has 0 N–H and O–H groups in total. The molecule has 2 heterocycles. The standard InChI is InChI=1S/C25H32N2O3/c1-2-7-22(6-1)30-23-8-3-5-20(17-23)19-26-11-4-12-27(14-13-26)21-9-10-24-25(18-21)29-16-15-28-24/h3,5,8-10,17-18,22H,1-2,4,6-7,11-16,19H2. The largest absolute Gasteiger partial charge is 0.490 e. The van der Waals surface area contributed by atoms with E-state index in [2.05, 4.69) is 46.2 Å². The summed E-state index contributed by atoms with van der Waals surface area (Å²) in [4.78, 5) is 5.03. The van der Waals surface area contributed by atoms with Crippen molar-refractivity contribution in [1.82, 2.24) is 4.90 Å². The van der Waals surface area contributed by atoms with Gasteiger partial charge in [0.2, 0.25) is 0 Å². The summed E-state index contributed by atoms with van der Waals surface area (Å²) < 4.78 is 17.6. The summed E-state index contributed by atoms with van der Waals surface area (Å²) in [5.41, 5.74) is 2.58. The SMILES string of the molecule is c1cc(CN2CCCN(c3ccc4c(c3)OCCO4)CC2)cc(OC2CCCC2)c1. The molecular weight excluding hydrogens is 376 g/mol. The predicted octanol–water partition coefficient (Wildman–Crippen LogP) is 4.49. The molecule has 2 aromatic rings. The normalized spacial score (nSPS) is 20.2. The number of hydrogen-bond acceptors (Lipinski definition) is 5. The molecule has 3 aliphatic rings. The van der Waals surface area contributed by atoms with Crippen LogP contribution in [0.4, 0.5) is 5.69 Å².